The molecule has 150 valence electrons. The number of nitrogens with one attached hydrogen (secondary N) is 1. The van der Waals surface area contributed by atoms with Crippen molar-refractivity contribution in [3.8, 4) is 11.6 Å². The maximum atomic E-state index is 13.5. The summed E-state index contributed by atoms with van der Waals surface area (Å²) >= 11 is 0. The lowest BCUT2D eigenvalue weighted by Crippen LogP contribution is -2.36. The molecule has 0 bridgehead atoms. The van der Waals surface area contributed by atoms with E-state index in [-0.39, 0.29) is 17.5 Å². The molecule has 2 aromatic rings. The van der Waals surface area contributed by atoms with E-state index in [0.29, 0.717) is 12.8 Å². The second kappa shape index (κ2) is 8.47. The van der Waals surface area contributed by atoms with Crippen molar-refractivity contribution in [2.24, 2.45) is 0 Å². The van der Waals surface area contributed by atoms with Gasteiger partial charge >= 0.3 is 12.3 Å². The smallest absolute Gasteiger partial charge is 0.421 e. The number of piperidine rings is 1. The van der Waals surface area contributed by atoms with Crippen molar-refractivity contribution in [2.75, 3.05) is 25.5 Å². The number of anilines is 1. The van der Waals surface area contributed by atoms with Crippen molar-refractivity contribution in [1.82, 2.24) is 9.88 Å². The predicted octanol–water partition coefficient (Wildman–Crippen LogP) is 4.18. The molecule has 0 spiro atoms. The first-order chi connectivity index (χ1) is 13.3. The Morgan fingerprint density at radius 1 is 1.21 bits per heavy atom. The third-order valence-electron chi connectivity index (χ3n) is 4.30. The Morgan fingerprint density at radius 2 is 1.89 bits per heavy atom. The molecule has 6 nitrogen and oxygen atoms in total. The van der Waals surface area contributed by atoms with Crippen molar-refractivity contribution in [2.45, 2.75) is 25.1 Å². The number of aromatic nitrogens is 1. The van der Waals surface area contributed by atoms with Gasteiger partial charge in [-0.05, 0) is 38.1 Å². The van der Waals surface area contributed by atoms with Crippen LogP contribution in [-0.2, 0) is 6.18 Å². The Labute approximate surface area is 160 Å². The summed E-state index contributed by atoms with van der Waals surface area (Å²) in [6.07, 6.45) is -3.55. The number of nitrogens with zero attached hydrogens (tertiary/aromatic N) is 2. The Kier molecular flexibility index (Phi) is 6.03. The molecule has 0 atom stereocenters. The number of likely N-dealkylation sites (tertiary alicyclic amines) is 1. The van der Waals surface area contributed by atoms with Crippen molar-refractivity contribution >= 4 is 11.8 Å². The zero-order chi connectivity index (χ0) is 20.1. The summed E-state index contributed by atoms with van der Waals surface area (Å²) in [6.45, 7) is 1.49. The molecule has 1 N–H and O–H groups in total. The molecule has 1 saturated heterocycles. The first kappa shape index (κ1) is 19.9. The Bertz CT molecular complexity index is 807. The van der Waals surface area contributed by atoms with E-state index in [4.69, 9.17) is 9.47 Å². The van der Waals surface area contributed by atoms with Crippen LogP contribution < -0.4 is 14.8 Å². The van der Waals surface area contributed by atoms with Gasteiger partial charge in [0.15, 0.2) is 0 Å². The van der Waals surface area contributed by atoms with Gasteiger partial charge in [-0.2, -0.15) is 13.2 Å². The van der Waals surface area contributed by atoms with Gasteiger partial charge in [0.25, 0.3) is 0 Å². The lowest BCUT2D eigenvalue weighted by molar-refractivity contribution is -0.139. The monoisotopic (exact) mass is 395 g/mol. The molecule has 0 unspecified atom stereocenters. The molecule has 1 aliphatic rings. The van der Waals surface area contributed by atoms with Gasteiger partial charge in [0.05, 0.1) is 11.9 Å². The predicted molar refractivity (Wildman–Crippen MR) is 96.5 cm³/mol. The number of alkyl halides is 3. The fraction of sp³-hybridized carbons (Fsp3) is 0.368. The van der Waals surface area contributed by atoms with Gasteiger partial charge in [-0.3, -0.25) is 5.32 Å². The number of para-hydroxylation sites is 1. The van der Waals surface area contributed by atoms with Gasteiger partial charge in [0.1, 0.15) is 17.4 Å². The number of benzene rings is 1. The van der Waals surface area contributed by atoms with Crippen LogP contribution in [0.2, 0.25) is 0 Å². The van der Waals surface area contributed by atoms with Crippen LogP contribution >= 0.6 is 0 Å². The molecule has 1 aromatic heterocycles. The molecule has 1 amide bonds. The van der Waals surface area contributed by atoms with Gasteiger partial charge < -0.3 is 14.4 Å². The van der Waals surface area contributed by atoms with Crippen molar-refractivity contribution in [3.05, 3.63) is 48.2 Å². The molecule has 0 radical (unpaired) electrons. The zero-order valence-electron chi connectivity index (χ0n) is 15.2. The molecular weight excluding hydrogens is 375 g/mol. The number of amides is 1. The minimum Gasteiger partial charge on any atom is -0.474 e. The van der Waals surface area contributed by atoms with Gasteiger partial charge in [0, 0.05) is 13.1 Å². The van der Waals surface area contributed by atoms with Gasteiger partial charge in [-0.15, -0.1) is 0 Å². The molecule has 0 saturated carbocycles. The van der Waals surface area contributed by atoms with Crippen LogP contribution in [0.1, 0.15) is 18.4 Å². The van der Waals surface area contributed by atoms with E-state index in [1.807, 2.05) is 7.05 Å². The second-order valence-electron chi connectivity index (χ2n) is 6.52. The van der Waals surface area contributed by atoms with Gasteiger partial charge in [-0.1, -0.05) is 18.2 Å². The lowest BCUT2D eigenvalue weighted by Gasteiger charge is -2.29. The molecule has 9 heteroatoms. The largest absolute Gasteiger partial charge is 0.474 e. The highest BCUT2D eigenvalue weighted by Crippen LogP contribution is 2.37. The van der Waals surface area contributed by atoms with Crippen LogP contribution in [0.5, 0.6) is 11.6 Å². The molecule has 3 rings (SSSR count). The number of rotatable bonds is 4. The van der Waals surface area contributed by atoms with E-state index in [9.17, 15) is 18.0 Å². The standard InChI is InChI=1S/C19H20F3N3O3/c1-25-9-7-15(8-10-25)27-17-16(19(20,21)22)11-13(12-23-17)24-18(26)28-14-5-3-2-4-6-14/h2-6,11-12,15H,7-10H2,1H3,(H,24,26). The average Bonchev–Trinajstić information content (AvgIpc) is 2.65. The summed E-state index contributed by atoms with van der Waals surface area (Å²) in [5.41, 5.74) is -1.17. The normalized spacial score (nSPS) is 15.9. The Balaban J connectivity index is 1.72. The molecule has 1 fully saturated rings. The minimum atomic E-state index is -4.67. The molecule has 0 aliphatic carbocycles. The number of hydrogen-bond acceptors (Lipinski definition) is 5. The summed E-state index contributed by atoms with van der Waals surface area (Å²) in [6, 6.07) is 8.98. The quantitative estimate of drug-likeness (QED) is 0.841. The maximum absolute atomic E-state index is 13.5. The summed E-state index contributed by atoms with van der Waals surface area (Å²) in [7, 11) is 1.95. The van der Waals surface area contributed by atoms with Crippen LogP contribution in [0.25, 0.3) is 0 Å². The van der Waals surface area contributed by atoms with Crippen LogP contribution in [0.4, 0.5) is 23.7 Å². The van der Waals surface area contributed by atoms with Crippen molar-refractivity contribution < 1.29 is 27.4 Å². The molecule has 2 heterocycles. The summed E-state index contributed by atoms with van der Waals surface area (Å²) in [5, 5.41) is 2.25. The lowest BCUT2D eigenvalue weighted by atomic mass is 10.1. The number of halogens is 3. The van der Waals surface area contributed by atoms with Crippen LogP contribution in [0.15, 0.2) is 42.6 Å². The van der Waals surface area contributed by atoms with E-state index in [2.05, 4.69) is 15.2 Å². The van der Waals surface area contributed by atoms with Crippen LogP contribution in [0.3, 0.4) is 0 Å². The Hall–Kier alpha value is -2.81. The molecule has 28 heavy (non-hydrogen) atoms. The second-order valence-corrected chi connectivity index (χ2v) is 6.52. The summed E-state index contributed by atoms with van der Waals surface area (Å²) in [5.74, 6) is -0.213. The Morgan fingerprint density at radius 3 is 2.54 bits per heavy atom. The topological polar surface area (TPSA) is 63.7 Å². The van der Waals surface area contributed by atoms with Crippen molar-refractivity contribution in [1.29, 1.82) is 0 Å². The first-order valence-corrected chi connectivity index (χ1v) is 8.77. The van der Waals surface area contributed by atoms with Gasteiger partial charge in [0.2, 0.25) is 5.88 Å². The highest BCUT2D eigenvalue weighted by Gasteiger charge is 2.37. The first-order valence-electron chi connectivity index (χ1n) is 8.77. The van der Waals surface area contributed by atoms with E-state index in [0.717, 1.165) is 25.4 Å². The number of carbonyl (C=O) groups is 1. The number of carbonyl (C=O) groups excluding carboxylic acids is 1. The maximum Gasteiger partial charge on any atom is 0.421 e. The van der Waals surface area contributed by atoms with E-state index >= 15 is 0 Å². The third-order valence-corrected chi connectivity index (χ3v) is 4.30. The highest BCUT2D eigenvalue weighted by atomic mass is 19.4. The van der Waals surface area contributed by atoms with Gasteiger partial charge in [-0.25, -0.2) is 9.78 Å². The summed E-state index contributed by atoms with van der Waals surface area (Å²) < 4.78 is 50.9. The summed E-state index contributed by atoms with van der Waals surface area (Å²) in [4.78, 5) is 17.8. The SMILES string of the molecule is CN1CCC(Oc2ncc(NC(=O)Oc3ccccc3)cc2C(F)(F)F)CC1. The van der Waals surface area contributed by atoms with Crippen molar-refractivity contribution in [3.63, 3.8) is 0 Å². The zero-order valence-corrected chi connectivity index (χ0v) is 15.2. The minimum absolute atomic E-state index is 0.135. The highest BCUT2D eigenvalue weighted by molar-refractivity contribution is 5.86. The number of hydrogen-bond donors (Lipinski definition) is 1. The number of ether oxygens (including phenoxy) is 2. The molecule has 1 aromatic carbocycles. The average molecular weight is 395 g/mol. The van der Waals surface area contributed by atoms with Crippen LogP contribution in [-0.4, -0.2) is 42.2 Å². The van der Waals surface area contributed by atoms with Crippen LogP contribution in [0, 0.1) is 0 Å². The third kappa shape index (κ3) is 5.35. The van der Waals surface area contributed by atoms with E-state index < -0.39 is 23.7 Å². The van der Waals surface area contributed by atoms with E-state index in [1.165, 1.54) is 0 Å². The fourth-order valence-corrected chi connectivity index (χ4v) is 2.82. The molecule has 1 aliphatic heterocycles. The number of pyridine rings is 1. The molecular formula is C19H20F3N3O3. The fourth-order valence-electron chi connectivity index (χ4n) is 2.82. The van der Waals surface area contributed by atoms with E-state index in [1.54, 1.807) is 30.3 Å².